The number of aromatic nitrogens is 1. The second kappa shape index (κ2) is 27.7. The summed E-state index contributed by atoms with van der Waals surface area (Å²) in [6, 6.07) is 5.76. The standard InChI is InChI=1S/C55H72ClN7O16S2/c1-31-14-12-15-41(74-11)55(72)28-40(76-52(71)58-55)32(2)50-54(7,78-50)42(27-47(68)62(9)38-25-35(24-31)26-39(73-10)49(38)56)77-51(70)34(4)61(8)44(65)21-23-80-81-53(5,6)29-43(64)60-59-33(3)37-18-17-36(30-57-37)75-22-13-16-48(69)79-63-45(66)19-20-46(63)67/h12,14-15,17-18,25-26,30,32,34,40-42,50,72H,13,16,19-24,27-29H2,1-11H3,(H,58,71)(H,60,64)/b15-12+,31-14+,59-33-/t32-,34+,40+,41-,42+,50+,54+,55+/m1/s1. The van der Waals surface area contributed by atoms with Crippen LogP contribution in [0.3, 0.4) is 0 Å². The number of esters is 1. The normalized spacial score (nSPS) is 25.8. The van der Waals surface area contributed by atoms with E-state index < -0.39 is 88.2 Å². The van der Waals surface area contributed by atoms with E-state index in [0.717, 1.165) is 11.1 Å². The summed E-state index contributed by atoms with van der Waals surface area (Å²) in [4.78, 5) is 115. The molecule has 23 nitrogen and oxygen atoms in total. The number of carbonyl (C=O) groups excluding carboxylic acids is 8. The lowest BCUT2D eigenvalue weighted by atomic mass is 9.83. The zero-order chi connectivity index (χ0) is 59.6. The summed E-state index contributed by atoms with van der Waals surface area (Å²) >= 11 is 6.83. The Morgan fingerprint density at radius 3 is 2.48 bits per heavy atom. The molecule has 1 aromatic heterocycles. The third-order valence-electron chi connectivity index (χ3n) is 14.2. The summed E-state index contributed by atoms with van der Waals surface area (Å²) in [5.74, 6) is -3.29. The molecule has 26 heteroatoms. The molecule has 0 radical (unpaired) electrons. The predicted molar refractivity (Wildman–Crippen MR) is 301 cm³/mol. The number of epoxide rings is 1. The molecule has 3 fully saturated rings. The van der Waals surface area contributed by atoms with Crippen LogP contribution in [-0.2, 0) is 63.8 Å². The number of pyridine rings is 1. The summed E-state index contributed by atoms with van der Waals surface area (Å²) in [5, 5.41) is 19.3. The van der Waals surface area contributed by atoms with E-state index >= 15 is 0 Å². The van der Waals surface area contributed by atoms with E-state index in [1.807, 2.05) is 26.8 Å². The van der Waals surface area contributed by atoms with Gasteiger partial charge < -0.3 is 48.2 Å². The Bertz CT molecular complexity index is 2780. The van der Waals surface area contributed by atoms with Gasteiger partial charge in [0.15, 0.2) is 5.72 Å². The first kappa shape index (κ1) is 63.9. The molecule has 3 saturated heterocycles. The van der Waals surface area contributed by atoms with Crippen LogP contribution in [0.25, 0.3) is 0 Å². The molecule has 3 N–H and O–H groups in total. The maximum Gasteiger partial charge on any atom is 0.409 e. The average molecular weight is 1190 g/mol. The molecule has 442 valence electrons. The number of anilines is 1. The molecule has 1 aromatic carbocycles. The molecule has 8 atom stereocenters. The number of likely N-dealkylation sites (N-methyl/N-ethyl adjacent to an activating group) is 1. The van der Waals surface area contributed by atoms with Crippen molar-refractivity contribution in [2.24, 2.45) is 11.0 Å². The van der Waals surface area contributed by atoms with Gasteiger partial charge in [0.1, 0.15) is 46.5 Å². The lowest BCUT2D eigenvalue weighted by Gasteiger charge is -2.42. The van der Waals surface area contributed by atoms with Crippen LogP contribution in [0, 0.1) is 5.92 Å². The summed E-state index contributed by atoms with van der Waals surface area (Å²) in [7, 11) is 8.73. The van der Waals surface area contributed by atoms with E-state index in [2.05, 4.69) is 20.8 Å². The third kappa shape index (κ3) is 16.7. The highest BCUT2D eigenvalue weighted by atomic mass is 35.5. The first-order valence-corrected chi connectivity index (χ1v) is 29.0. The van der Waals surface area contributed by atoms with Gasteiger partial charge in [-0.15, -0.1) is 5.06 Å². The van der Waals surface area contributed by atoms with Crippen molar-refractivity contribution < 1.29 is 76.7 Å². The number of ether oxygens (including phenoxy) is 6. The monoisotopic (exact) mass is 1190 g/mol. The number of hydroxylamine groups is 2. The highest BCUT2D eigenvalue weighted by Crippen LogP contribution is 2.49. The fraction of sp³-hybridized carbons (Fsp3) is 0.564. The van der Waals surface area contributed by atoms with E-state index in [-0.39, 0.29) is 74.8 Å². The number of benzene rings is 1. The van der Waals surface area contributed by atoms with E-state index in [4.69, 9.17) is 44.9 Å². The number of fused-ring (bicyclic) bond motifs is 5. The smallest absolute Gasteiger partial charge is 0.409 e. The molecule has 6 amide bonds. The first-order chi connectivity index (χ1) is 38.2. The minimum Gasteiger partial charge on any atom is -0.495 e. The van der Waals surface area contributed by atoms with Gasteiger partial charge in [0, 0.05) is 69.7 Å². The molecule has 5 heterocycles. The van der Waals surface area contributed by atoms with Gasteiger partial charge in [-0.2, -0.15) is 5.10 Å². The van der Waals surface area contributed by atoms with Gasteiger partial charge >= 0.3 is 18.0 Å². The quantitative estimate of drug-likeness (QED) is 0.0255. The second-order valence-corrected chi connectivity index (χ2v) is 24.6. The summed E-state index contributed by atoms with van der Waals surface area (Å²) in [6.07, 6.45) is 2.26. The summed E-state index contributed by atoms with van der Waals surface area (Å²) in [6.45, 7) is 12.5. The molecular weight excluding hydrogens is 1110 g/mol. The Kier molecular flexibility index (Phi) is 21.8. The minimum atomic E-state index is -1.88. The number of carbonyl (C=O) groups is 8. The Labute approximate surface area is 483 Å². The van der Waals surface area contributed by atoms with E-state index in [1.165, 1.54) is 65.8 Å². The number of allylic oxidation sites excluding steroid dienone is 3. The molecule has 4 aliphatic rings. The second-order valence-electron chi connectivity index (χ2n) is 21.1. The van der Waals surface area contributed by atoms with Gasteiger partial charge in [0.05, 0.1) is 56.0 Å². The van der Waals surface area contributed by atoms with Gasteiger partial charge in [-0.1, -0.05) is 63.9 Å². The maximum atomic E-state index is 14.4. The Morgan fingerprint density at radius 2 is 1.81 bits per heavy atom. The van der Waals surface area contributed by atoms with Gasteiger partial charge in [-0.05, 0) is 84.2 Å². The molecule has 4 bridgehead atoms. The van der Waals surface area contributed by atoms with Crippen LogP contribution in [0.2, 0.25) is 5.02 Å². The molecule has 4 aliphatic heterocycles. The number of hydrogen-bond acceptors (Lipinski definition) is 20. The number of imide groups is 1. The molecule has 6 rings (SSSR count). The zero-order valence-electron chi connectivity index (χ0n) is 47.4. The number of nitrogens with zero attached hydrogens (tertiary/aromatic N) is 5. The number of amides is 6. The number of rotatable bonds is 20. The number of halogens is 1. The highest BCUT2D eigenvalue weighted by Gasteiger charge is 2.64. The lowest BCUT2D eigenvalue weighted by Crippen LogP contribution is -2.63. The van der Waals surface area contributed by atoms with Crippen LogP contribution in [-0.4, -0.2) is 161 Å². The largest absolute Gasteiger partial charge is 0.495 e. The molecular formula is C55H72ClN7O16S2. The van der Waals surface area contributed by atoms with Gasteiger partial charge in [0.25, 0.3) is 11.8 Å². The number of methoxy groups -OCH3 is 2. The molecule has 0 spiro atoms. The first-order valence-electron chi connectivity index (χ1n) is 26.3. The van der Waals surface area contributed by atoms with E-state index in [0.29, 0.717) is 45.8 Å². The summed E-state index contributed by atoms with van der Waals surface area (Å²) < 4.78 is 34.6. The van der Waals surface area contributed by atoms with E-state index in [9.17, 15) is 43.5 Å². The number of alkyl carbamates (subject to hydrolysis) is 1. The topological polar surface area (TPSA) is 284 Å². The van der Waals surface area contributed by atoms with Gasteiger partial charge in [-0.25, -0.2) is 19.8 Å². The predicted octanol–water partition coefficient (Wildman–Crippen LogP) is 6.16. The SMILES string of the molecule is COc1cc2cc(c1Cl)N(C)C(=O)C[C@H](OC(=O)[C@H](C)N(C)C(=O)CCSSC(C)(C)CC(=O)N/N=C(/C)c1ccc(OCCCC(=O)ON3C(=O)CCC3=O)cn1)[C@]1(C)O[C@H]1[C@H](C)[C@@H]1C[C@@](O)(NC(=O)O1)[C@H](OC)/C=C/C=C(\C)C2. The molecule has 81 heavy (non-hydrogen) atoms. The van der Waals surface area contributed by atoms with Crippen molar-refractivity contribution in [1.29, 1.82) is 0 Å². The number of hydrazone groups is 1. The van der Waals surface area contributed by atoms with Crippen LogP contribution in [0.15, 0.2) is 59.4 Å². The van der Waals surface area contributed by atoms with Gasteiger partial charge in [0.2, 0.25) is 17.7 Å². The van der Waals surface area contributed by atoms with Crippen LogP contribution < -0.4 is 25.1 Å². The van der Waals surface area contributed by atoms with Crippen molar-refractivity contribution >= 4 is 92.2 Å². The fourth-order valence-electron chi connectivity index (χ4n) is 9.28. The lowest BCUT2D eigenvalue weighted by molar-refractivity contribution is -0.197. The summed E-state index contributed by atoms with van der Waals surface area (Å²) in [5.41, 5.74) is 2.32. The zero-order valence-corrected chi connectivity index (χ0v) is 49.8. The van der Waals surface area contributed by atoms with Crippen molar-refractivity contribution in [2.45, 2.75) is 153 Å². The van der Waals surface area contributed by atoms with Crippen LogP contribution in [0.1, 0.15) is 111 Å². The molecule has 0 aliphatic carbocycles. The number of aliphatic hydroxyl groups is 1. The van der Waals surface area contributed by atoms with Crippen molar-refractivity contribution in [2.75, 3.05) is 45.6 Å². The minimum absolute atomic E-state index is 0.0126. The van der Waals surface area contributed by atoms with Crippen LogP contribution in [0.4, 0.5) is 10.5 Å². The average Bonchev–Trinajstić information content (AvgIpc) is 4.01. The van der Waals surface area contributed by atoms with Crippen molar-refractivity contribution in [1.82, 2.24) is 25.7 Å². The van der Waals surface area contributed by atoms with Crippen molar-refractivity contribution in [3.8, 4) is 11.5 Å². The Hall–Kier alpha value is -6.25. The Morgan fingerprint density at radius 1 is 1.10 bits per heavy atom. The van der Waals surface area contributed by atoms with Crippen LogP contribution in [0.5, 0.6) is 11.5 Å². The number of hydrogen-bond donors (Lipinski definition) is 3. The Balaban J connectivity index is 1.02. The van der Waals surface area contributed by atoms with Gasteiger partial charge in [-0.3, -0.25) is 34.3 Å². The molecule has 2 aromatic rings. The number of nitrogens with one attached hydrogen (secondary N) is 2. The van der Waals surface area contributed by atoms with Crippen molar-refractivity contribution in [3.63, 3.8) is 0 Å². The van der Waals surface area contributed by atoms with Crippen molar-refractivity contribution in [3.05, 3.63) is 70.5 Å². The van der Waals surface area contributed by atoms with Crippen LogP contribution >= 0.6 is 33.2 Å². The van der Waals surface area contributed by atoms with E-state index in [1.54, 1.807) is 64.2 Å². The fourth-order valence-corrected chi connectivity index (χ4v) is 12.1. The molecule has 0 unspecified atom stereocenters. The molecule has 0 saturated carbocycles. The third-order valence-corrected chi connectivity index (χ3v) is 17.9. The highest BCUT2D eigenvalue weighted by molar-refractivity contribution is 8.77. The maximum absolute atomic E-state index is 14.4.